The fourth-order valence-electron chi connectivity index (χ4n) is 3.29. The van der Waals surface area contributed by atoms with E-state index in [0.717, 1.165) is 12.1 Å². The predicted molar refractivity (Wildman–Crippen MR) is 95.3 cm³/mol. The van der Waals surface area contributed by atoms with Crippen molar-refractivity contribution in [2.75, 3.05) is 19.0 Å². The topological polar surface area (TPSA) is 76.5 Å². The van der Waals surface area contributed by atoms with Crippen molar-refractivity contribution >= 4 is 17.5 Å². The van der Waals surface area contributed by atoms with Crippen molar-refractivity contribution in [3.8, 4) is 0 Å². The Labute approximate surface area is 151 Å². The summed E-state index contributed by atoms with van der Waals surface area (Å²) in [7, 11) is 1.70. The molecule has 1 aliphatic heterocycles. The molecule has 26 heavy (non-hydrogen) atoms. The lowest BCUT2D eigenvalue weighted by Crippen LogP contribution is -2.51. The molecular formula is C19H22N4O3. The molecule has 1 aromatic heterocycles. The molecule has 2 atom stereocenters. The molecule has 0 spiro atoms. The molecule has 0 radical (unpaired) electrons. The Morgan fingerprint density at radius 2 is 2.08 bits per heavy atom. The number of nitrogens with zero attached hydrogens (tertiary/aromatic N) is 3. The molecule has 1 saturated heterocycles. The number of anilines is 1. The van der Waals surface area contributed by atoms with Crippen molar-refractivity contribution < 1.29 is 14.3 Å². The quantitative estimate of drug-likeness (QED) is 0.889. The first kappa shape index (κ1) is 16.8. The van der Waals surface area contributed by atoms with E-state index in [2.05, 4.69) is 10.4 Å². The highest BCUT2D eigenvalue weighted by molar-refractivity contribution is 5.96. The van der Waals surface area contributed by atoms with Gasteiger partial charge in [-0.25, -0.2) is 0 Å². The number of morpholine rings is 1. The SMILES string of the molecule is CN1C(=O)COC(C(=O)Nc2cnn(CC3CC3)c2)C1c1ccccc1. The number of rotatable bonds is 5. The zero-order valence-electron chi connectivity index (χ0n) is 14.7. The second kappa shape index (κ2) is 6.92. The third kappa shape index (κ3) is 3.48. The van der Waals surface area contributed by atoms with Crippen LogP contribution in [-0.4, -0.2) is 46.3 Å². The summed E-state index contributed by atoms with van der Waals surface area (Å²) < 4.78 is 7.47. The molecule has 2 amide bonds. The van der Waals surface area contributed by atoms with E-state index in [4.69, 9.17) is 4.74 Å². The Morgan fingerprint density at radius 1 is 1.31 bits per heavy atom. The van der Waals surface area contributed by atoms with Crippen LogP contribution in [0.3, 0.4) is 0 Å². The Kier molecular flexibility index (Phi) is 4.46. The number of nitrogens with one attached hydrogen (secondary N) is 1. The smallest absolute Gasteiger partial charge is 0.256 e. The van der Waals surface area contributed by atoms with Crippen molar-refractivity contribution in [3.63, 3.8) is 0 Å². The fourth-order valence-corrected chi connectivity index (χ4v) is 3.29. The predicted octanol–water partition coefficient (Wildman–Crippen LogP) is 1.83. The van der Waals surface area contributed by atoms with Crippen LogP contribution in [0.25, 0.3) is 0 Å². The van der Waals surface area contributed by atoms with Crippen LogP contribution >= 0.6 is 0 Å². The number of amides is 2. The number of carbonyl (C=O) groups is 2. The summed E-state index contributed by atoms with van der Waals surface area (Å²) in [5.41, 5.74) is 1.51. The van der Waals surface area contributed by atoms with E-state index >= 15 is 0 Å². The highest BCUT2D eigenvalue weighted by Crippen LogP contribution is 2.31. The van der Waals surface area contributed by atoms with Gasteiger partial charge < -0.3 is 15.0 Å². The van der Waals surface area contributed by atoms with Crippen LogP contribution < -0.4 is 5.32 Å². The van der Waals surface area contributed by atoms with Crippen LogP contribution in [0.15, 0.2) is 42.7 Å². The van der Waals surface area contributed by atoms with Gasteiger partial charge in [-0.15, -0.1) is 0 Å². The maximum absolute atomic E-state index is 12.8. The third-order valence-electron chi connectivity index (χ3n) is 4.93. The lowest BCUT2D eigenvalue weighted by Gasteiger charge is -2.38. The van der Waals surface area contributed by atoms with Gasteiger partial charge in [0.05, 0.1) is 17.9 Å². The fraction of sp³-hybridized carbons (Fsp3) is 0.421. The van der Waals surface area contributed by atoms with E-state index in [-0.39, 0.29) is 18.4 Å². The number of hydrogen-bond donors (Lipinski definition) is 1. The Bertz CT molecular complexity index is 800. The molecule has 1 aliphatic carbocycles. The molecule has 7 heteroatoms. The number of carbonyl (C=O) groups excluding carboxylic acids is 2. The molecule has 4 rings (SSSR count). The largest absolute Gasteiger partial charge is 0.356 e. The van der Waals surface area contributed by atoms with Crippen LogP contribution in [0.5, 0.6) is 0 Å². The van der Waals surface area contributed by atoms with Gasteiger partial charge in [-0.3, -0.25) is 14.3 Å². The van der Waals surface area contributed by atoms with Crippen LogP contribution in [0, 0.1) is 5.92 Å². The highest BCUT2D eigenvalue weighted by atomic mass is 16.5. The number of aromatic nitrogens is 2. The Hall–Kier alpha value is -2.67. The van der Waals surface area contributed by atoms with Gasteiger partial charge in [0.2, 0.25) is 5.91 Å². The van der Waals surface area contributed by atoms with Crippen LogP contribution in [-0.2, 0) is 20.9 Å². The van der Waals surface area contributed by atoms with E-state index in [1.54, 1.807) is 18.1 Å². The first-order valence-corrected chi connectivity index (χ1v) is 8.87. The van der Waals surface area contributed by atoms with Gasteiger partial charge >= 0.3 is 0 Å². The molecule has 2 aromatic rings. The Morgan fingerprint density at radius 3 is 2.81 bits per heavy atom. The van der Waals surface area contributed by atoms with Gasteiger partial charge in [-0.2, -0.15) is 5.10 Å². The minimum absolute atomic E-state index is 0.0984. The van der Waals surface area contributed by atoms with Gasteiger partial charge in [0.15, 0.2) is 6.10 Å². The molecule has 2 fully saturated rings. The number of likely N-dealkylation sites (N-methyl/N-ethyl adjacent to an activating group) is 1. The molecule has 1 saturated carbocycles. The van der Waals surface area contributed by atoms with Crippen molar-refractivity contribution in [1.82, 2.24) is 14.7 Å². The molecule has 1 N–H and O–H groups in total. The summed E-state index contributed by atoms with van der Waals surface area (Å²) in [5.74, 6) is 0.298. The summed E-state index contributed by atoms with van der Waals surface area (Å²) in [5, 5.41) is 7.17. The average Bonchev–Trinajstić information content (AvgIpc) is 3.35. The summed E-state index contributed by atoms with van der Waals surface area (Å²) in [4.78, 5) is 26.5. The van der Waals surface area contributed by atoms with E-state index in [9.17, 15) is 9.59 Å². The first-order chi connectivity index (χ1) is 12.6. The lowest BCUT2D eigenvalue weighted by atomic mass is 9.97. The zero-order chi connectivity index (χ0) is 18.1. The molecule has 136 valence electrons. The molecule has 0 bridgehead atoms. The van der Waals surface area contributed by atoms with Crippen molar-refractivity contribution in [2.45, 2.75) is 31.5 Å². The summed E-state index contributed by atoms with van der Waals surface area (Å²) >= 11 is 0. The Balaban J connectivity index is 1.50. The second-order valence-corrected chi connectivity index (χ2v) is 6.98. The molecular weight excluding hydrogens is 332 g/mol. The molecule has 2 unspecified atom stereocenters. The van der Waals surface area contributed by atoms with Crippen molar-refractivity contribution in [2.24, 2.45) is 5.92 Å². The maximum atomic E-state index is 12.8. The van der Waals surface area contributed by atoms with E-state index in [1.807, 2.05) is 41.2 Å². The van der Waals surface area contributed by atoms with Crippen LogP contribution in [0.2, 0.25) is 0 Å². The number of hydrogen-bond acceptors (Lipinski definition) is 4. The standard InChI is InChI=1S/C19H22N4O3/c1-22-16(24)12-26-18(17(22)14-5-3-2-4-6-14)19(25)21-15-9-20-23(11-15)10-13-7-8-13/h2-6,9,11,13,17-18H,7-8,10,12H2,1H3,(H,21,25). The van der Waals surface area contributed by atoms with Gasteiger partial charge in [0.25, 0.3) is 5.91 Å². The van der Waals surface area contributed by atoms with Gasteiger partial charge in [0, 0.05) is 19.8 Å². The van der Waals surface area contributed by atoms with Gasteiger partial charge in [-0.05, 0) is 24.3 Å². The average molecular weight is 354 g/mol. The van der Waals surface area contributed by atoms with Gasteiger partial charge in [0.1, 0.15) is 6.61 Å². The summed E-state index contributed by atoms with van der Waals surface area (Å²) in [6, 6.07) is 9.02. The van der Waals surface area contributed by atoms with Crippen molar-refractivity contribution in [3.05, 3.63) is 48.3 Å². The second-order valence-electron chi connectivity index (χ2n) is 6.98. The maximum Gasteiger partial charge on any atom is 0.256 e. The molecule has 2 aliphatic rings. The van der Waals surface area contributed by atoms with Crippen LogP contribution in [0.1, 0.15) is 24.4 Å². The highest BCUT2D eigenvalue weighted by Gasteiger charge is 2.40. The molecule has 2 heterocycles. The van der Waals surface area contributed by atoms with E-state index in [1.165, 1.54) is 12.8 Å². The number of benzene rings is 1. The third-order valence-corrected chi connectivity index (χ3v) is 4.93. The van der Waals surface area contributed by atoms with Crippen molar-refractivity contribution in [1.29, 1.82) is 0 Å². The lowest BCUT2D eigenvalue weighted by molar-refractivity contribution is -0.160. The minimum atomic E-state index is -0.771. The molecule has 1 aromatic carbocycles. The first-order valence-electron chi connectivity index (χ1n) is 8.87. The van der Waals surface area contributed by atoms with E-state index < -0.39 is 12.1 Å². The zero-order valence-corrected chi connectivity index (χ0v) is 14.7. The summed E-state index contributed by atoms with van der Waals surface area (Å²) in [6.45, 7) is 0.790. The molecule has 7 nitrogen and oxygen atoms in total. The monoisotopic (exact) mass is 354 g/mol. The minimum Gasteiger partial charge on any atom is -0.356 e. The summed E-state index contributed by atoms with van der Waals surface area (Å²) in [6.07, 6.45) is 5.21. The van der Waals surface area contributed by atoms with Crippen LogP contribution in [0.4, 0.5) is 5.69 Å². The van der Waals surface area contributed by atoms with E-state index in [0.29, 0.717) is 11.6 Å². The van der Waals surface area contributed by atoms with Gasteiger partial charge in [-0.1, -0.05) is 30.3 Å². The number of ether oxygens (including phenoxy) is 1. The normalized spacial score (nSPS) is 23.1.